The average Bonchev–Trinajstić information content (AvgIpc) is 2.23. The van der Waals surface area contributed by atoms with Crippen LogP contribution in [-0.2, 0) is 0 Å². The quantitative estimate of drug-likeness (QED) is 0.761. The summed E-state index contributed by atoms with van der Waals surface area (Å²) < 4.78 is 1.12. The number of benzene rings is 2. The van der Waals surface area contributed by atoms with Gasteiger partial charge in [0.1, 0.15) is 0 Å². The Balaban J connectivity index is 0.00000112. The fourth-order valence-electron chi connectivity index (χ4n) is 1.13. The molecule has 74 valence electrons. The second kappa shape index (κ2) is 6.58. The Hall–Kier alpha value is 0.0362. The van der Waals surface area contributed by atoms with Crippen molar-refractivity contribution in [1.82, 2.24) is 0 Å². The molecular weight excluding hydrogens is 280 g/mol. The van der Waals surface area contributed by atoms with Crippen LogP contribution in [0.15, 0.2) is 68.9 Å². The molecular formula is C12H11BrMgS. The lowest BCUT2D eigenvalue weighted by atomic mass is 10.4. The van der Waals surface area contributed by atoms with Crippen LogP contribution in [0.4, 0.5) is 0 Å². The summed E-state index contributed by atoms with van der Waals surface area (Å²) in [5.41, 5.74) is 0. The minimum Gasteiger partial charge on any atom is -0.0901 e. The third-order valence-corrected chi connectivity index (χ3v) is 3.34. The zero-order valence-electron chi connectivity index (χ0n) is 7.48. The van der Waals surface area contributed by atoms with Gasteiger partial charge >= 0.3 is 23.1 Å². The molecule has 0 aliphatic heterocycles. The molecule has 0 fully saturated rings. The van der Waals surface area contributed by atoms with Crippen molar-refractivity contribution in [2.24, 2.45) is 0 Å². The Morgan fingerprint density at radius 1 is 0.733 bits per heavy atom. The normalized spacial score (nSPS) is 9.40. The molecule has 0 atom stereocenters. The molecule has 0 aliphatic carbocycles. The van der Waals surface area contributed by atoms with Crippen LogP contribution >= 0.6 is 27.7 Å². The largest absolute Gasteiger partial charge is 0.316 e. The summed E-state index contributed by atoms with van der Waals surface area (Å²) >= 11 is 5.20. The van der Waals surface area contributed by atoms with Crippen LogP contribution in [0.25, 0.3) is 0 Å². The van der Waals surface area contributed by atoms with Crippen LogP contribution in [0.3, 0.4) is 0 Å². The lowest BCUT2D eigenvalue weighted by Crippen LogP contribution is -1.72. The van der Waals surface area contributed by atoms with Crippen LogP contribution in [0, 0.1) is 0 Å². The van der Waals surface area contributed by atoms with Crippen LogP contribution in [-0.4, -0.2) is 23.1 Å². The Labute approximate surface area is 119 Å². The minimum atomic E-state index is 0. The van der Waals surface area contributed by atoms with E-state index in [0.29, 0.717) is 0 Å². The highest BCUT2D eigenvalue weighted by molar-refractivity contribution is 9.10. The van der Waals surface area contributed by atoms with Crippen molar-refractivity contribution in [3.63, 3.8) is 0 Å². The molecule has 0 aromatic heterocycles. The molecule has 0 bridgehead atoms. The van der Waals surface area contributed by atoms with Gasteiger partial charge in [-0.25, -0.2) is 0 Å². The Morgan fingerprint density at radius 2 is 1.27 bits per heavy atom. The van der Waals surface area contributed by atoms with Gasteiger partial charge in [-0.2, -0.15) is 0 Å². The highest BCUT2D eigenvalue weighted by Crippen LogP contribution is 2.27. The first-order valence-corrected chi connectivity index (χ1v) is 5.94. The standard InChI is InChI=1S/C12H9BrS.Mg.2H/c13-10-6-8-12(9-7-10)14-11-4-2-1-3-5-11;;;/h1-9H;;;. The fraction of sp³-hybridized carbons (Fsp3) is 0. The van der Waals surface area contributed by atoms with E-state index in [0.717, 1.165) is 4.47 Å². The van der Waals surface area contributed by atoms with Crippen molar-refractivity contribution >= 4 is 50.7 Å². The van der Waals surface area contributed by atoms with Gasteiger partial charge in [-0.3, -0.25) is 0 Å². The van der Waals surface area contributed by atoms with E-state index in [9.17, 15) is 0 Å². The van der Waals surface area contributed by atoms with E-state index in [1.165, 1.54) is 9.79 Å². The minimum absolute atomic E-state index is 0. The summed E-state index contributed by atoms with van der Waals surface area (Å²) in [5, 5.41) is 0. The zero-order chi connectivity index (χ0) is 9.80. The Bertz CT molecular complexity index is 400. The van der Waals surface area contributed by atoms with E-state index < -0.39 is 0 Å². The summed E-state index contributed by atoms with van der Waals surface area (Å²) in [6.07, 6.45) is 0. The predicted octanol–water partition coefficient (Wildman–Crippen LogP) is 3.68. The van der Waals surface area contributed by atoms with E-state index in [-0.39, 0.29) is 23.1 Å². The van der Waals surface area contributed by atoms with Gasteiger partial charge in [-0.05, 0) is 36.4 Å². The molecule has 0 heterocycles. The van der Waals surface area contributed by atoms with E-state index in [1.807, 2.05) is 6.07 Å². The molecule has 2 aromatic rings. The monoisotopic (exact) mass is 290 g/mol. The van der Waals surface area contributed by atoms with Crippen LogP contribution < -0.4 is 0 Å². The van der Waals surface area contributed by atoms with Gasteiger partial charge < -0.3 is 0 Å². The van der Waals surface area contributed by atoms with Gasteiger partial charge in [0.05, 0.1) is 0 Å². The predicted molar refractivity (Wildman–Crippen MR) is 73.3 cm³/mol. The Kier molecular flexibility index (Phi) is 5.75. The SMILES string of the molecule is Brc1ccc(Sc2ccccc2)cc1.[MgH2]. The van der Waals surface area contributed by atoms with E-state index in [1.54, 1.807) is 11.8 Å². The summed E-state index contributed by atoms with van der Waals surface area (Å²) in [6.45, 7) is 0. The maximum Gasteiger partial charge on any atom is 0.316 e. The number of hydrogen-bond donors (Lipinski definition) is 0. The second-order valence-corrected chi connectivity index (χ2v) is 4.93. The zero-order valence-corrected chi connectivity index (χ0v) is 9.88. The topological polar surface area (TPSA) is 0 Å². The first kappa shape index (κ1) is 13.1. The highest BCUT2D eigenvalue weighted by Gasteiger charge is 1.95. The summed E-state index contributed by atoms with van der Waals surface area (Å²) in [5.74, 6) is 0. The van der Waals surface area contributed by atoms with Crippen molar-refractivity contribution < 1.29 is 0 Å². The highest BCUT2D eigenvalue weighted by atomic mass is 79.9. The third kappa shape index (κ3) is 4.19. The lowest BCUT2D eigenvalue weighted by molar-refractivity contribution is 1.40. The molecule has 0 radical (unpaired) electrons. The molecule has 2 rings (SSSR count). The summed E-state index contributed by atoms with van der Waals surface area (Å²) in [6, 6.07) is 18.7. The molecule has 0 N–H and O–H groups in total. The van der Waals surface area contributed by atoms with E-state index in [4.69, 9.17) is 0 Å². The number of rotatable bonds is 2. The van der Waals surface area contributed by atoms with Gasteiger partial charge in [0.15, 0.2) is 0 Å². The maximum atomic E-state index is 3.42. The molecule has 2 aromatic carbocycles. The molecule has 0 spiro atoms. The molecule has 0 aliphatic rings. The van der Waals surface area contributed by atoms with Crippen molar-refractivity contribution in [2.45, 2.75) is 9.79 Å². The molecule has 0 unspecified atom stereocenters. The van der Waals surface area contributed by atoms with E-state index >= 15 is 0 Å². The van der Waals surface area contributed by atoms with Gasteiger partial charge in [0.2, 0.25) is 0 Å². The first-order chi connectivity index (χ1) is 6.84. The first-order valence-electron chi connectivity index (χ1n) is 4.33. The van der Waals surface area contributed by atoms with Gasteiger partial charge in [0, 0.05) is 14.3 Å². The molecule has 0 saturated carbocycles. The fourth-order valence-corrected chi connectivity index (χ4v) is 2.23. The number of halogens is 1. The molecule has 0 amide bonds. The Morgan fingerprint density at radius 3 is 1.87 bits per heavy atom. The molecule has 0 saturated heterocycles. The molecule has 0 nitrogen and oxygen atoms in total. The average molecular weight is 291 g/mol. The van der Waals surface area contributed by atoms with Crippen molar-refractivity contribution in [3.05, 3.63) is 59.1 Å². The summed E-state index contributed by atoms with van der Waals surface area (Å²) in [4.78, 5) is 2.54. The van der Waals surface area contributed by atoms with Crippen molar-refractivity contribution in [2.75, 3.05) is 0 Å². The molecule has 3 heteroatoms. The van der Waals surface area contributed by atoms with E-state index in [2.05, 4.69) is 64.5 Å². The van der Waals surface area contributed by atoms with Gasteiger partial charge in [-0.1, -0.05) is 45.9 Å². The van der Waals surface area contributed by atoms with Crippen molar-refractivity contribution in [3.8, 4) is 0 Å². The third-order valence-electron chi connectivity index (χ3n) is 1.79. The second-order valence-electron chi connectivity index (χ2n) is 2.87. The van der Waals surface area contributed by atoms with Crippen LogP contribution in [0.5, 0.6) is 0 Å². The van der Waals surface area contributed by atoms with Crippen molar-refractivity contribution in [1.29, 1.82) is 0 Å². The summed E-state index contributed by atoms with van der Waals surface area (Å²) in [7, 11) is 0. The van der Waals surface area contributed by atoms with Crippen LogP contribution in [0.2, 0.25) is 0 Å². The maximum absolute atomic E-state index is 3.42. The lowest BCUT2D eigenvalue weighted by Gasteiger charge is -2.00. The smallest absolute Gasteiger partial charge is 0.0901 e. The van der Waals surface area contributed by atoms with Gasteiger partial charge in [-0.15, -0.1) is 0 Å². The van der Waals surface area contributed by atoms with Gasteiger partial charge in [0.25, 0.3) is 0 Å². The number of hydrogen-bond acceptors (Lipinski definition) is 1. The van der Waals surface area contributed by atoms with Crippen LogP contribution in [0.1, 0.15) is 0 Å². The molecule has 15 heavy (non-hydrogen) atoms.